The Balaban J connectivity index is 2.23. The Bertz CT molecular complexity index is 599. The molecular weight excluding hydrogens is 289 g/mol. The second-order valence-corrected chi connectivity index (χ2v) is 5.61. The molecule has 0 saturated carbocycles. The highest BCUT2D eigenvalue weighted by molar-refractivity contribution is 6.31. The molecule has 0 aliphatic rings. The standard InChI is InChI=1S/C16H19ClFN3/c1-11(2)19-9-12-8-16(20-10-15(12)17)21(3)14-6-4-13(18)5-7-14/h4-8,10-11,19H,9H2,1-3H3. The number of nitrogens with zero attached hydrogens (tertiary/aromatic N) is 2. The zero-order chi connectivity index (χ0) is 15.4. The van der Waals surface area contributed by atoms with Crippen molar-refractivity contribution in [3.63, 3.8) is 0 Å². The topological polar surface area (TPSA) is 28.2 Å². The van der Waals surface area contributed by atoms with E-state index in [4.69, 9.17) is 11.6 Å². The van der Waals surface area contributed by atoms with Crippen LogP contribution in [0.3, 0.4) is 0 Å². The Morgan fingerprint density at radius 2 is 1.95 bits per heavy atom. The number of hydrogen-bond donors (Lipinski definition) is 1. The third kappa shape index (κ3) is 4.16. The predicted molar refractivity (Wildman–Crippen MR) is 85.7 cm³/mol. The van der Waals surface area contributed by atoms with Crippen molar-refractivity contribution >= 4 is 23.1 Å². The molecule has 1 N–H and O–H groups in total. The van der Waals surface area contributed by atoms with E-state index in [0.717, 1.165) is 17.1 Å². The first-order chi connectivity index (χ1) is 9.97. The average Bonchev–Trinajstić information content (AvgIpc) is 2.46. The lowest BCUT2D eigenvalue weighted by molar-refractivity contribution is 0.588. The fourth-order valence-corrected chi connectivity index (χ4v) is 2.07. The van der Waals surface area contributed by atoms with E-state index < -0.39 is 0 Å². The van der Waals surface area contributed by atoms with Gasteiger partial charge in [0, 0.05) is 31.5 Å². The Kier molecular flexibility index (Phi) is 5.15. The van der Waals surface area contributed by atoms with Crippen molar-refractivity contribution in [1.82, 2.24) is 10.3 Å². The van der Waals surface area contributed by atoms with Crippen molar-refractivity contribution in [2.24, 2.45) is 0 Å². The molecule has 0 aliphatic heterocycles. The van der Waals surface area contributed by atoms with Crippen molar-refractivity contribution in [2.75, 3.05) is 11.9 Å². The van der Waals surface area contributed by atoms with Gasteiger partial charge in [0.15, 0.2) is 0 Å². The van der Waals surface area contributed by atoms with E-state index in [2.05, 4.69) is 24.1 Å². The van der Waals surface area contributed by atoms with Gasteiger partial charge in [-0.25, -0.2) is 9.37 Å². The molecule has 2 rings (SSSR count). The van der Waals surface area contributed by atoms with E-state index >= 15 is 0 Å². The molecule has 2 aromatic rings. The Morgan fingerprint density at radius 1 is 1.29 bits per heavy atom. The molecule has 3 nitrogen and oxygen atoms in total. The lowest BCUT2D eigenvalue weighted by Crippen LogP contribution is -2.22. The molecule has 0 atom stereocenters. The van der Waals surface area contributed by atoms with Crippen molar-refractivity contribution in [1.29, 1.82) is 0 Å². The summed E-state index contributed by atoms with van der Waals surface area (Å²) in [5.74, 6) is 0.518. The van der Waals surface area contributed by atoms with E-state index in [1.807, 2.05) is 18.0 Å². The molecule has 0 aliphatic carbocycles. The van der Waals surface area contributed by atoms with Gasteiger partial charge in [0.05, 0.1) is 5.02 Å². The maximum Gasteiger partial charge on any atom is 0.133 e. The maximum atomic E-state index is 13.0. The average molecular weight is 308 g/mol. The monoisotopic (exact) mass is 307 g/mol. The van der Waals surface area contributed by atoms with Crippen LogP contribution in [0.1, 0.15) is 19.4 Å². The molecule has 0 radical (unpaired) electrons. The summed E-state index contributed by atoms with van der Waals surface area (Å²) < 4.78 is 13.0. The van der Waals surface area contributed by atoms with Crippen LogP contribution in [0.5, 0.6) is 0 Å². The smallest absolute Gasteiger partial charge is 0.133 e. The highest BCUT2D eigenvalue weighted by Crippen LogP contribution is 2.25. The van der Waals surface area contributed by atoms with Crippen molar-refractivity contribution < 1.29 is 4.39 Å². The normalized spacial score (nSPS) is 11.0. The van der Waals surface area contributed by atoms with Crippen LogP contribution >= 0.6 is 11.6 Å². The molecule has 0 spiro atoms. The number of hydrogen-bond acceptors (Lipinski definition) is 3. The summed E-state index contributed by atoms with van der Waals surface area (Å²) in [6.45, 7) is 4.85. The van der Waals surface area contributed by atoms with Crippen LogP contribution in [0, 0.1) is 5.82 Å². The largest absolute Gasteiger partial charge is 0.329 e. The molecule has 5 heteroatoms. The van der Waals surface area contributed by atoms with Gasteiger partial charge in [0.2, 0.25) is 0 Å². The van der Waals surface area contributed by atoms with Crippen LogP contribution in [-0.4, -0.2) is 18.1 Å². The van der Waals surface area contributed by atoms with Gasteiger partial charge in [-0.2, -0.15) is 0 Å². The van der Waals surface area contributed by atoms with Crippen molar-refractivity contribution in [3.8, 4) is 0 Å². The quantitative estimate of drug-likeness (QED) is 0.900. The first-order valence-corrected chi connectivity index (χ1v) is 7.22. The molecule has 21 heavy (non-hydrogen) atoms. The third-order valence-corrected chi connectivity index (χ3v) is 3.52. The molecular formula is C16H19ClFN3. The Hall–Kier alpha value is -1.65. The molecule has 0 saturated heterocycles. The number of halogens is 2. The predicted octanol–water partition coefficient (Wildman–Crippen LogP) is 4.14. The van der Waals surface area contributed by atoms with E-state index in [1.54, 1.807) is 18.3 Å². The van der Waals surface area contributed by atoms with Crippen molar-refractivity contribution in [3.05, 3.63) is 52.9 Å². The van der Waals surface area contributed by atoms with Gasteiger partial charge < -0.3 is 10.2 Å². The summed E-state index contributed by atoms with van der Waals surface area (Å²) in [5.41, 5.74) is 1.86. The minimum atomic E-state index is -0.252. The number of rotatable bonds is 5. The summed E-state index contributed by atoms with van der Waals surface area (Å²) in [5, 5.41) is 3.97. The first kappa shape index (κ1) is 15.7. The molecule has 112 valence electrons. The van der Waals surface area contributed by atoms with Crippen LogP contribution in [0.25, 0.3) is 0 Å². The fraction of sp³-hybridized carbons (Fsp3) is 0.312. The molecule has 0 amide bonds. The van der Waals surface area contributed by atoms with E-state index in [1.165, 1.54) is 12.1 Å². The van der Waals surface area contributed by atoms with Gasteiger partial charge in [-0.1, -0.05) is 25.4 Å². The molecule has 1 aromatic heterocycles. The Morgan fingerprint density at radius 3 is 2.57 bits per heavy atom. The summed E-state index contributed by atoms with van der Waals surface area (Å²) in [6.07, 6.45) is 1.65. The highest BCUT2D eigenvalue weighted by atomic mass is 35.5. The second-order valence-electron chi connectivity index (χ2n) is 5.20. The van der Waals surface area contributed by atoms with E-state index in [-0.39, 0.29) is 5.82 Å². The summed E-state index contributed by atoms with van der Waals surface area (Å²) in [4.78, 5) is 6.23. The van der Waals surface area contributed by atoms with Gasteiger partial charge in [0.25, 0.3) is 0 Å². The van der Waals surface area contributed by atoms with E-state index in [0.29, 0.717) is 17.6 Å². The number of pyridine rings is 1. The summed E-state index contributed by atoms with van der Waals surface area (Å²) >= 11 is 6.18. The fourth-order valence-electron chi connectivity index (χ4n) is 1.90. The minimum absolute atomic E-state index is 0.252. The number of aromatic nitrogens is 1. The van der Waals surface area contributed by atoms with Crippen LogP contribution in [0.2, 0.25) is 5.02 Å². The van der Waals surface area contributed by atoms with Crippen LogP contribution in [0.4, 0.5) is 15.9 Å². The van der Waals surface area contributed by atoms with Gasteiger partial charge >= 0.3 is 0 Å². The second kappa shape index (κ2) is 6.87. The highest BCUT2D eigenvalue weighted by Gasteiger charge is 2.09. The number of benzene rings is 1. The van der Waals surface area contributed by atoms with Gasteiger partial charge in [-0.15, -0.1) is 0 Å². The van der Waals surface area contributed by atoms with Crippen molar-refractivity contribution in [2.45, 2.75) is 26.4 Å². The van der Waals surface area contributed by atoms with Crippen LogP contribution in [-0.2, 0) is 6.54 Å². The molecule has 0 bridgehead atoms. The maximum absolute atomic E-state index is 13.0. The zero-order valence-corrected chi connectivity index (χ0v) is 13.2. The summed E-state index contributed by atoms with van der Waals surface area (Å²) in [7, 11) is 1.89. The molecule has 0 unspecified atom stereocenters. The van der Waals surface area contributed by atoms with Gasteiger partial charge in [-0.05, 0) is 35.9 Å². The lowest BCUT2D eigenvalue weighted by atomic mass is 10.2. The Labute approximate surface area is 129 Å². The minimum Gasteiger partial charge on any atom is -0.329 e. The first-order valence-electron chi connectivity index (χ1n) is 6.84. The van der Waals surface area contributed by atoms with Crippen LogP contribution in [0.15, 0.2) is 36.5 Å². The lowest BCUT2D eigenvalue weighted by Gasteiger charge is -2.20. The molecule has 1 aromatic carbocycles. The third-order valence-electron chi connectivity index (χ3n) is 3.18. The summed E-state index contributed by atoms with van der Waals surface area (Å²) in [6, 6.07) is 8.63. The molecule has 0 fully saturated rings. The van der Waals surface area contributed by atoms with E-state index in [9.17, 15) is 4.39 Å². The van der Waals surface area contributed by atoms with Crippen LogP contribution < -0.4 is 10.2 Å². The number of anilines is 2. The zero-order valence-electron chi connectivity index (χ0n) is 12.4. The SMILES string of the molecule is CC(C)NCc1cc(N(C)c2ccc(F)cc2)ncc1Cl. The van der Waals surface area contributed by atoms with Gasteiger partial charge in [-0.3, -0.25) is 0 Å². The van der Waals surface area contributed by atoms with Gasteiger partial charge in [0.1, 0.15) is 11.6 Å². The molecule has 1 heterocycles. The number of nitrogens with one attached hydrogen (secondary N) is 1.